The van der Waals surface area contributed by atoms with E-state index < -0.39 is 0 Å². The minimum Gasteiger partial charge on any atom is -0.348 e. The number of H-pyrrole nitrogens is 1. The molecule has 3 aromatic rings. The molecule has 0 radical (unpaired) electrons. The molecule has 0 aromatic carbocycles. The molecule has 0 saturated heterocycles. The molecule has 3 N–H and O–H groups in total. The smallest absolute Gasteiger partial charge is 0.243 e. The van der Waals surface area contributed by atoms with Crippen LogP contribution in [0.4, 0.5) is 0 Å². The fourth-order valence-corrected chi connectivity index (χ4v) is 1.88. The van der Waals surface area contributed by atoms with Crippen LogP contribution in [0.15, 0.2) is 41.4 Å². The van der Waals surface area contributed by atoms with Crippen LogP contribution in [0.2, 0.25) is 0 Å². The number of hydrogen-bond donors (Lipinski definition) is 2. The van der Waals surface area contributed by atoms with Gasteiger partial charge in [-0.1, -0.05) is 11.2 Å². The Balaban J connectivity index is 1.67. The molecule has 0 spiro atoms. The Morgan fingerprint density at radius 3 is 3.05 bits per heavy atom. The normalized spacial score (nSPS) is 12.4. The average molecular weight is 270 g/mol. The predicted octanol–water partition coefficient (Wildman–Crippen LogP) is 1.02. The van der Waals surface area contributed by atoms with Crippen molar-refractivity contribution in [3.05, 3.63) is 60.0 Å². The number of rotatable bonds is 5. The summed E-state index contributed by atoms with van der Waals surface area (Å²) in [5.41, 5.74) is 7.86. The number of nitrogens with one attached hydrogen (secondary N) is 1. The lowest BCUT2D eigenvalue weighted by molar-refractivity contribution is 0.350. The van der Waals surface area contributed by atoms with E-state index in [2.05, 4.69) is 25.1 Å². The van der Waals surface area contributed by atoms with Crippen LogP contribution in [0.1, 0.15) is 29.1 Å². The Morgan fingerprint density at radius 1 is 1.35 bits per heavy atom. The second-order valence-electron chi connectivity index (χ2n) is 4.43. The maximum Gasteiger partial charge on any atom is 0.243 e. The molecule has 0 amide bonds. The van der Waals surface area contributed by atoms with E-state index in [1.807, 2.05) is 18.2 Å². The molecule has 0 unspecified atom stereocenters. The van der Waals surface area contributed by atoms with Gasteiger partial charge in [0.05, 0.1) is 18.8 Å². The molecule has 20 heavy (non-hydrogen) atoms. The number of pyridine rings is 1. The Kier molecular flexibility index (Phi) is 3.51. The third-order valence-corrected chi connectivity index (χ3v) is 2.86. The number of nitrogens with zero attached hydrogens (tertiary/aromatic N) is 4. The van der Waals surface area contributed by atoms with Crippen LogP contribution < -0.4 is 5.73 Å². The highest BCUT2D eigenvalue weighted by atomic mass is 16.5. The summed E-state index contributed by atoms with van der Waals surface area (Å²) < 4.78 is 5.20. The van der Waals surface area contributed by atoms with Gasteiger partial charge in [0.25, 0.3) is 0 Å². The quantitative estimate of drug-likeness (QED) is 0.717. The zero-order valence-corrected chi connectivity index (χ0v) is 10.7. The SMILES string of the molecule is N[C@@H](Cc1cnc[nH]1)c1nc(Cc2ccccn2)no1. The maximum absolute atomic E-state index is 6.03. The van der Waals surface area contributed by atoms with Gasteiger partial charge in [-0.3, -0.25) is 4.98 Å². The third-order valence-electron chi connectivity index (χ3n) is 2.86. The molecule has 1 atom stereocenters. The van der Waals surface area contributed by atoms with E-state index in [0.29, 0.717) is 24.6 Å². The first-order valence-corrected chi connectivity index (χ1v) is 6.26. The van der Waals surface area contributed by atoms with E-state index >= 15 is 0 Å². The number of hydrogen-bond acceptors (Lipinski definition) is 6. The van der Waals surface area contributed by atoms with Gasteiger partial charge in [0.15, 0.2) is 5.82 Å². The van der Waals surface area contributed by atoms with Crippen molar-refractivity contribution in [2.24, 2.45) is 5.73 Å². The van der Waals surface area contributed by atoms with Crippen molar-refractivity contribution in [2.45, 2.75) is 18.9 Å². The molecule has 3 rings (SSSR count). The first kappa shape index (κ1) is 12.5. The largest absolute Gasteiger partial charge is 0.348 e. The van der Waals surface area contributed by atoms with Crippen LogP contribution in [0.5, 0.6) is 0 Å². The minimum absolute atomic E-state index is 0.347. The summed E-state index contributed by atoms with van der Waals surface area (Å²) in [6.07, 6.45) is 6.18. The first-order valence-electron chi connectivity index (χ1n) is 6.26. The number of aromatic amines is 1. The molecule has 0 saturated carbocycles. The van der Waals surface area contributed by atoms with Crippen LogP contribution in [-0.2, 0) is 12.8 Å². The summed E-state index contributed by atoms with van der Waals surface area (Å²) in [6.45, 7) is 0. The van der Waals surface area contributed by atoms with Crippen molar-refractivity contribution in [1.29, 1.82) is 0 Å². The van der Waals surface area contributed by atoms with Gasteiger partial charge >= 0.3 is 0 Å². The highest BCUT2D eigenvalue weighted by Gasteiger charge is 2.16. The third kappa shape index (κ3) is 2.89. The van der Waals surface area contributed by atoms with Crippen molar-refractivity contribution >= 4 is 0 Å². The van der Waals surface area contributed by atoms with Crippen molar-refractivity contribution < 1.29 is 4.52 Å². The molecular formula is C13H14N6O. The molecule has 102 valence electrons. The second kappa shape index (κ2) is 5.62. The monoisotopic (exact) mass is 270 g/mol. The van der Waals surface area contributed by atoms with Gasteiger partial charge in [-0.25, -0.2) is 4.98 Å². The number of nitrogens with two attached hydrogens (primary N) is 1. The molecule has 0 aliphatic rings. The standard InChI is InChI=1S/C13H14N6O/c14-11(5-10-7-15-8-17-10)13-18-12(19-20-13)6-9-3-1-2-4-16-9/h1-4,7-8,11H,5-6,14H2,(H,15,17)/t11-/m0/s1. The highest BCUT2D eigenvalue weighted by Crippen LogP contribution is 2.13. The number of aromatic nitrogens is 5. The van der Waals surface area contributed by atoms with Crippen molar-refractivity contribution in [2.75, 3.05) is 0 Å². The Labute approximate surface area is 115 Å². The minimum atomic E-state index is -0.347. The second-order valence-corrected chi connectivity index (χ2v) is 4.43. The van der Waals surface area contributed by atoms with Gasteiger partial charge in [-0.05, 0) is 12.1 Å². The van der Waals surface area contributed by atoms with E-state index in [4.69, 9.17) is 10.3 Å². The zero-order chi connectivity index (χ0) is 13.8. The molecule has 0 aliphatic heterocycles. The fraction of sp³-hybridized carbons (Fsp3) is 0.231. The number of imidazole rings is 1. The molecule has 3 aromatic heterocycles. The van der Waals surface area contributed by atoms with Crippen molar-refractivity contribution in [3.8, 4) is 0 Å². The van der Waals surface area contributed by atoms with E-state index in [0.717, 1.165) is 11.4 Å². The van der Waals surface area contributed by atoms with Crippen molar-refractivity contribution in [3.63, 3.8) is 0 Å². The molecule has 0 fully saturated rings. The summed E-state index contributed by atoms with van der Waals surface area (Å²) in [6, 6.07) is 5.36. The lowest BCUT2D eigenvalue weighted by atomic mass is 10.2. The van der Waals surface area contributed by atoms with E-state index in [-0.39, 0.29) is 6.04 Å². The van der Waals surface area contributed by atoms with Crippen LogP contribution >= 0.6 is 0 Å². The Bertz CT molecular complexity index is 649. The average Bonchev–Trinajstić information content (AvgIpc) is 3.11. The zero-order valence-electron chi connectivity index (χ0n) is 10.7. The lowest BCUT2D eigenvalue weighted by Gasteiger charge is -2.03. The van der Waals surface area contributed by atoms with Gasteiger partial charge in [0.2, 0.25) is 5.89 Å². The van der Waals surface area contributed by atoms with Crippen molar-refractivity contribution in [1.82, 2.24) is 25.1 Å². The summed E-state index contributed by atoms with van der Waals surface area (Å²) in [4.78, 5) is 15.5. The predicted molar refractivity (Wildman–Crippen MR) is 70.6 cm³/mol. The maximum atomic E-state index is 6.03. The summed E-state index contributed by atoms with van der Waals surface area (Å²) in [5.74, 6) is 1.00. The summed E-state index contributed by atoms with van der Waals surface area (Å²) in [7, 11) is 0. The molecule has 7 heteroatoms. The van der Waals surface area contributed by atoms with Gasteiger partial charge < -0.3 is 15.2 Å². The highest BCUT2D eigenvalue weighted by molar-refractivity contribution is 5.10. The van der Waals surface area contributed by atoms with E-state index in [1.54, 1.807) is 18.7 Å². The van der Waals surface area contributed by atoms with Crippen LogP contribution in [-0.4, -0.2) is 25.1 Å². The van der Waals surface area contributed by atoms with Gasteiger partial charge in [-0.2, -0.15) is 4.98 Å². The summed E-state index contributed by atoms with van der Waals surface area (Å²) >= 11 is 0. The summed E-state index contributed by atoms with van der Waals surface area (Å²) in [5, 5.41) is 3.93. The van der Waals surface area contributed by atoms with Crippen LogP contribution in [0.3, 0.4) is 0 Å². The lowest BCUT2D eigenvalue weighted by Crippen LogP contribution is -2.14. The Hall–Kier alpha value is -2.54. The topological polar surface area (TPSA) is 107 Å². The molecule has 3 heterocycles. The van der Waals surface area contributed by atoms with Gasteiger partial charge in [0, 0.05) is 30.2 Å². The molecule has 7 nitrogen and oxygen atoms in total. The molecular weight excluding hydrogens is 256 g/mol. The van der Waals surface area contributed by atoms with Crippen LogP contribution in [0, 0.1) is 0 Å². The van der Waals surface area contributed by atoms with Crippen LogP contribution in [0.25, 0.3) is 0 Å². The fourth-order valence-electron chi connectivity index (χ4n) is 1.88. The van der Waals surface area contributed by atoms with Gasteiger partial charge in [-0.15, -0.1) is 0 Å². The Morgan fingerprint density at radius 2 is 2.30 bits per heavy atom. The van der Waals surface area contributed by atoms with E-state index in [9.17, 15) is 0 Å². The molecule has 0 bridgehead atoms. The van der Waals surface area contributed by atoms with E-state index in [1.165, 1.54) is 0 Å². The first-order chi connectivity index (χ1) is 9.81. The molecule has 0 aliphatic carbocycles. The van der Waals surface area contributed by atoms with Gasteiger partial charge in [0.1, 0.15) is 0 Å².